The lowest BCUT2D eigenvalue weighted by molar-refractivity contribution is -0.130. The van der Waals surface area contributed by atoms with Crippen molar-refractivity contribution >= 4 is 5.91 Å². The third-order valence-electron chi connectivity index (χ3n) is 6.04. The zero-order chi connectivity index (χ0) is 19.2. The van der Waals surface area contributed by atoms with Crippen LogP contribution in [0.5, 0.6) is 5.75 Å². The number of hydrogen-bond acceptors (Lipinski definition) is 5. The van der Waals surface area contributed by atoms with Crippen LogP contribution in [0.4, 0.5) is 0 Å². The molecule has 6 nitrogen and oxygen atoms in total. The quantitative estimate of drug-likeness (QED) is 0.818. The zero-order valence-corrected chi connectivity index (χ0v) is 16.6. The minimum absolute atomic E-state index is 0.190. The average molecular weight is 376 g/mol. The predicted octanol–water partition coefficient (Wildman–Crippen LogP) is 1.57. The van der Waals surface area contributed by atoms with Gasteiger partial charge in [-0.1, -0.05) is 12.1 Å². The van der Waals surface area contributed by atoms with Gasteiger partial charge in [-0.05, 0) is 37.0 Å². The van der Waals surface area contributed by atoms with Crippen LogP contribution < -0.4 is 4.74 Å². The monoisotopic (exact) mass is 375 g/mol. The van der Waals surface area contributed by atoms with Gasteiger partial charge >= 0.3 is 0 Å². The van der Waals surface area contributed by atoms with Gasteiger partial charge in [0.05, 0.1) is 7.11 Å². The van der Waals surface area contributed by atoms with E-state index in [0.717, 1.165) is 64.3 Å². The van der Waals surface area contributed by atoms with E-state index in [-0.39, 0.29) is 12.5 Å². The molecule has 1 unspecified atom stereocenters. The molecule has 0 spiro atoms. The summed E-state index contributed by atoms with van der Waals surface area (Å²) >= 11 is 0. The Bertz CT molecular complexity index is 616. The fourth-order valence-corrected chi connectivity index (χ4v) is 4.43. The summed E-state index contributed by atoms with van der Waals surface area (Å²) in [6, 6.07) is 9.16. The highest BCUT2D eigenvalue weighted by Gasteiger charge is 2.32. The maximum atomic E-state index is 11.6. The fraction of sp³-hybridized carbons (Fsp3) is 0.667. The lowest BCUT2D eigenvalue weighted by atomic mass is 9.99. The van der Waals surface area contributed by atoms with Gasteiger partial charge in [-0.2, -0.15) is 0 Å². The van der Waals surface area contributed by atoms with Crippen LogP contribution in [0, 0.1) is 0 Å². The van der Waals surface area contributed by atoms with Crippen LogP contribution in [0.2, 0.25) is 0 Å². The van der Waals surface area contributed by atoms with Crippen LogP contribution in [0.25, 0.3) is 0 Å². The Hall–Kier alpha value is -1.63. The third kappa shape index (κ3) is 5.21. The van der Waals surface area contributed by atoms with Gasteiger partial charge in [0.15, 0.2) is 0 Å². The first-order valence-corrected chi connectivity index (χ1v) is 10.1. The number of carbonyl (C=O) groups excluding carboxylic acids is 1. The van der Waals surface area contributed by atoms with E-state index in [1.54, 1.807) is 14.0 Å². The number of nitrogens with zero attached hydrogens (tertiary/aromatic N) is 3. The Kier molecular flexibility index (Phi) is 7.10. The van der Waals surface area contributed by atoms with Gasteiger partial charge in [0.2, 0.25) is 5.91 Å². The van der Waals surface area contributed by atoms with Crippen molar-refractivity contribution in [2.24, 2.45) is 0 Å². The Balaban J connectivity index is 1.59. The summed E-state index contributed by atoms with van der Waals surface area (Å²) in [6.45, 7) is 7.56. The van der Waals surface area contributed by atoms with Crippen molar-refractivity contribution < 1.29 is 14.6 Å². The second-order valence-electron chi connectivity index (χ2n) is 7.72. The predicted molar refractivity (Wildman–Crippen MR) is 106 cm³/mol. The van der Waals surface area contributed by atoms with Crippen LogP contribution in [0.15, 0.2) is 24.3 Å². The molecule has 2 saturated heterocycles. The smallest absolute Gasteiger partial charge is 0.219 e. The minimum atomic E-state index is 0.190. The van der Waals surface area contributed by atoms with Crippen molar-refractivity contribution in [3.8, 4) is 5.75 Å². The highest BCUT2D eigenvalue weighted by molar-refractivity contribution is 5.73. The van der Waals surface area contributed by atoms with E-state index >= 15 is 0 Å². The number of piperazine rings is 1. The van der Waals surface area contributed by atoms with Crippen molar-refractivity contribution in [3.05, 3.63) is 29.8 Å². The SMILES string of the molecule is COc1cccc(CN2CCN(C3CCN(C(C)=O)CC3)CC2CCO)c1. The summed E-state index contributed by atoms with van der Waals surface area (Å²) < 4.78 is 5.35. The van der Waals surface area contributed by atoms with Gasteiger partial charge in [-0.25, -0.2) is 0 Å². The molecule has 1 amide bonds. The van der Waals surface area contributed by atoms with Crippen molar-refractivity contribution in [1.82, 2.24) is 14.7 Å². The molecule has 1 aromatic rings. The molecule has 1 aromatic carbocycles. The molecule has 0 saturated carbocycles. The lowest BCUT2D eigenvalue weighted by Gasteiger charge is -2.46. The first kappa shape index (κ1) is 20.1. The molecule has 6 heteroatoms. The summed E-state index contributed by atoms with van der Waals surface area (Å²) in [4.78, 5) is 18.6. The summed E-state index contributed by atoms with van der Waals surface area (Å²) in [5.74, 6) is 1.08. The molecule has 3 rings (SSSR count). The third-order valence-corrected chi connectivity index (χ3v) is 6.04. The molecule has 0 radical (unpaired) electrons. The number of piperidine rings is 1. The van der Waals surface area contributed by atoms with Crippen LogP contribution in [-0.4, -0.2) is 84.2 Å². The second kappa shape index (κ2) is 9.53. The summed E-state index contributed by atoms with van der Waals surface area (Å²) in [6.07, 6.45) is 2.91. The van der Waals surface area contributed by atoms with Crippen LogP contribution in [-0.2, 0) is 11.3 Å². The number of aliphatic hydroxyl groups excluding tert-OH is 1. The summed E-state index contributed by atoms with van der Waals surface area (Å²) in [5, 5.41) is 9.57. The summed E-state index contributed by atoms with van der Waals surface area (Å²) in [7, 11) is 1.70. The number of methoxy groups -OCH3 is 1. The molecule has 2 fully saturated rings. The van der Waals surface area contributed by atoms with Gasteiger partial charge in [0.25, 0.3) is 0 Å². The fourth-order valence-electron chi connectivity index (χ4n) is 4.43. The van der Waals surface area contributed by atoms with Gasteiger partial charge in [-0.3, -0.25) is 14.6 Å². The molecule has 2 aliphatic heterocycles. The Morgan fingerprint density at radius 2 is 2.00 bits per heavy atom. The Labute approximate surface area is 162 Å². The molecule has 150 valence electrons. The number of likely N-dealkylation sites (tertiary alicyclic amines) is 1. The van der Waals surface area contributed by atoms with Gasteiger partial charge < -0.3 is 14.7 Å². The van der Waals surface area contributed by atoms with Gasteiger partial charge in [0, 0.05) is 64.9 Å². The standard InChI is InChI=1S/C21H33N3O3/c1-17(26)22-9-6-19(7-10-22)24-12-11-23(20(16-24)8-13-25)15-18-4-3-5-21(14-18)27-2/h3-5,14,19-20,25H,6-13,15-16H2,1-2H3. The second-order valence-corrected chi connectivity index (χ2v) is 7.72. The Morgan fingerprint density at radius 1 is 1.22 bits per heavy atom. The van der Waals surface area contributed by atoms with Gasteiger partial charge in [-0.15, -0.1) is 0 Å². The van der Waals surface area contributed by atoms with E-state index in [9.17, 15) is 9.90 Å². The minimum Gasteiger partial charge on any atom is -0.497 e. The number of rotatable bonds is 6. The number of hydrogen-bond donors (Lipinski definition) is 1. The van der Waals surface area contributed by atoms with Crippen LogP contribution in [0.1, 0.15) is 31.7 Å². The molecule has 2 heterocycles. The molecule has 1 N–H and O–H groups in total. The maximum absolute atomic E-state index is 11.6. The first-order valence-electron chi connectivity index (χ1n) is 10.1. The number of carbonyl (C=O) groups is 1. The van der Waals surface area contributed by atoms with E-state index in [1.165, 1.54) is 5.56 Å². The van der Waals surface area contributed by atoms with Crippen molar-refractivity contribution in [2.75, 3.05) is 46.4 Å². The van der Waals surface area contributed by atoms with Crippen LogP contribution in [0.3, 0.4) is 0 Å². The number of benzene rings is 1. The largest absolute Gasteiger partial charge is 0.497 e. The summed E-state index contributed by atoms with van der Waals surface area (Å²) in [5.41, 5.74) is 1.25. The van der Waals surface area contributed by atoms with E-state index < -0.39 is 0 Å². The van der Waals surface area contributed by atoms with Crippen molar-refractivity contribution in [3.63, 3.8) is 0 Å². The molecule has 0 bridgehead atoms. The molecular formula is C21H33N3O3. The molecule has 2 aliphatic rings. The van der Waals surface area contributed by atoms with Crippen LogP contribution >= 0.6 is 0 Å². The van der Waals surface area contributed by atoms with E-state index in [1.807, 2.05) is 17.0 Å². The van der Waals surface area contributed by atoms with Crippen molar-refractivity contribution in [1.29, 1.82) is 0 Å². The number of ether oxygens (including phenoxy) is 1. The maximum Gasteiger partial charge on any atom is 0.219 e. The van der Waals surface area contributed by atoms with E-state index in [2.05, 4.69) is 21.9 Å². The lowest BCUT2D eigenvalue weighted by Crippen LogP contribution is -2.57. The average Bonchev–Trinajstić information content (AvgIpc) is 2.69. The van der Waals surface area contributed by atoms with E-state index in [4.69, 9.17) is 4.74 Å². The Morgan fingerprint density at radius 3 is 2.67 bits per heavy atom. The first-order chi connectivity index (χ1) is 13.1. The number of amides is 1. The zero-order valence-electron chi connectivity index (χ0n) is 16.6. The topological polar surface area (TPSA) is 56.2 Å². The number of aliphatic hydroxyl groups is 1. The molecule has 0 aromatic heterocycles. The molecular weight excluding hydrogens is 342 g/mol. The van der Waals surface area contributed by atoms with Crippen molar-refractivity contribution in [2.45, 2.75) is 44.8 Å². The van der Waals surface area contributed by atoms with Gasteiger partial charge in [0.1, 0.15) is 5.75 Å². The molecule has 27 heavy (non-hydrogen) atoms. The molecule has 1 atom stereocenters. The highest BCUT2D eigenvalue weighted by atomic mass is 16.5. The van der Waals surface area contributed by atoms with E-state index in [0.29, 0.717) is 12.1 Å². The normalized spacial score (nSPS) is 22.8. The molecule has 0 aliphatic carbocycles. The highest BCUT2D eigenvalue weighted by Crippen LogP contribution is 2.24.